The third-order valence-corrected chi connectivity index (χ3v) is 5.71. The van der Waals surface area contributed by atoms with Crippen molar-refractivity contribution in [2.24, 2.45) is 0 Å². The van der Waals surface area contributed by atoms with Gasteiger partial charge in [-0.2, -0.15) is 0 Å². The zero-order valence-corrected chi connectivity index (χ0v) is 16.1. The number of sulfonamides is 1. The van der Waals surface area contributed by atoms with Crippen LogP contribution in [0.5, 0.6) is 11.5 Å². The maximum Gasteiger partial charge on any atom is 0.244 e. The van der Waals surface area contributed by atoms with Crippen molar-refractivity contribution >= 4 is 15.8 Å². The molecule has 6 nitrogen and oxygen atoms in total. The fraction of sp³-hybridized carbons (Fsp3) is 0.316. The van der Waals surface area contributed by atoms with Crippen LogP contribution in [0.2, 0.25) is 0 Å². The van der Waals surface area contributed by atoms with Crippen LogP contribution in [0.25, 0.3) is 0 Å². The zero-order chi connectivity index (χ0) is 19.5. The number of hydrogen-bond acceptors (Lipinski definition) is 5. The number of carbonyl (C=O) groups excluding carboxylic acids is 1. The number of phenols is 1. The van der Waals surface area contributed by atoms with Gasteiger partial charge in [0, 0.05) is 17.7 Å². The third-order valence-electron chi connectivity index (χ3n) is 4.10. The number of methoxy groups -OCH3 is 1. The fourth-order valence-corrected chi connectivity index (χ4v) is 3.88. The van der Waals surface area contributed by atoms with Crippen LogP contribution < -0.4 is 9.46 Å². The highest BCUT2D eigenvalue weighted by Gasteiger charge is 2.26. The monoisotopic (exact) mass is 377 g/mol. The second-order valence-electron chi connectivity index (χ2n) is 6.15. The molecule has 1 unspecified atom stereocenters. The largest absolute Gasteiger partial charge is 0.507 e. The molecule has 2 N–H and O–H groups in total. The highest BCUT2D eigenvalue weighted by molar-refractivity contribution is 7.89. The lowest BCUT2D eigenvalue weighted by Gasteiger charge is -2.16. The number of aromatic hydroxyl groups is 1. The number of ketones is 1. The Morgan fingerprint density at radius 3 is 2.38 bits per heavy atom. The molecule has 0 saturated heterocycles. The predicted molar refractivity (Wildman–Crippen MR) is 99.3 cm³/mol. The minimum atomic E-state index is -3.91. The molecule has 0 saturated carbocycles. The van der Waals surface area contributed by atoms with E-state index in [1.807, 2.05) is 13.8 Å². The van der Waals surface area contributed by atoms with Crippen LogP contribution in [-0.4, -0.2) is 32.5 Å². The molecule has 26 heavy (non-hydrogen) atoms. The highest BCUT2D eigenvalue weighted by Crippen LogP contribution is 2.33. The van der Waals surface area contributed by atoms with Gasteiger partial charge in [0.25, 0.3) is 0 Å². The predicted octanol–water partition coefficient (Wildman–Crippen LogP) is 3.02. The fourth-order valence-electron chi connectivity index (χ4n) is 2.37. The van der Waals surface area contributed by atoms with Crippen LogP contribution in [0.4, 0.5) is 0 Å². The summed E-state index contributed by atoms with van der Waals surface area (Å²) < 4.78 is 33.0. The van der Waals surface area contributed by atoms with E-state index in [-0.39, 0.29) is 28.0 Å². The molecule has 140 valence electrons. The molecule has 0 fully saturated rings. The van der Waals surface area contributed by atoms with Crippen molar-refractivity contribution < 1.29 is 23.1 Å². The van der Waals surface area contributed by atoms with Crippen molar-refractivity contribution in [2.75, 3.05) is 7.11 Å². The molecule has 0 spiro atoms. The Kier molecular flexibility index (Phi) is 6.05. The van der Waals surface area contributed by atoms with E-state index < -0.39 is 15.8 Å². The SMILES string of the molecule is CCC(C)NS(=O)(=O)c1cc(C(=O)c2ccc(C)cc2)c(O)cc1OC. The molecule has 2 rings (SSSR count). The molecule has 0 aliphatic rings. The number of rotatable bonds is 7. The van der Waals surface area contributed by atoms with E-state index in [2.05, 4.69) is 4.72 Å². The zero-order valence-electron chi connectivity index (χ0n) is 15.2. The summed E-state index contributed by atoms with van der Waals surface area (Å²) in [5, 5.41) is 10.2. The summed E-state index contributed by atoms with van der Waals surface area (Å²) >= 11 is 0. The first-order valence-corrected chi connectivity index (χ1v) is 9.72. The van der Waals surface area contributed by atoms with E-state index in [1.165, 1.54) is 7.11 Å². The Hall–Kier alpha value is -2.38. The summed E-state index contributed by atoms with van der Waals surface area (Å²) in [6.07, 6.45) is 0.606. The first-order valence-electron chi connectivity index (χ1n) is 8.24. The Morgan fingerprint density at radius 2 is 1.85 bits per heavy atom. The Morgan fingerprint density at radius 1 is 1.23 bits per heavy atom. The molecule has 2 aromatic rings. The quantitative estimate of drug-likeness (QED) is 0.724. The molecule has 1 atom stereocenters. The van der Waals surface area contributed by atoms with E-state index in [0.29, 0.717) is 12.0 Å². The van der Waals surface area contributed by atoms with Crippen LogP contribution >= 0.6 is 0 Å². The minimum Gasteiger partial charge on any atom is -0.507 e. The van der Waals surface area contributed by atoms with E-state index in [9.17, 15) is 18.3 Å². The highest BCUT2D eigenvalue weighted by atomic mass is 32.2. The second kappa shape index (κ2) is 7.88. The van der Waals surface area contributed by atoms with Crippen LogP contribution in [0, 0.1) is 6.92 Å². The minimum absolute atomic E-state index is 0.0289. The van der Waals surface area contributed by atoms with Gasteiger partial charge in [0.15, 0.2) is 5.78 Å². The van der Waals surface area contributed by atoms with Gasteiger partial charge < -0.3 is 9.84 Å². The van der Waals surface area contributed by atoms with Gasteiger partial charge in [0.05, 0.1) is 12.7 Å². The molecule has 0 bridgehead atoms. The Bertz CT molecular complexity index is 904. The lowest BCUT2D eigenvalue weighted by Crippen LogP contribution is -2.32. The molecule has 0 radical (unpaired) electrons. The van der Waals surface area contributed by atoms with Gasteiger partial charge in [-0.3, -0.25) is 4.79 Å². The van der Waals surface area contributed by atoms with E-state index in [4.69, 9.17) is 4.74 Å². The standard InChI is InChI=1S/C19H23NO5S/c1-5-13(3)20-26(23,24)18-10-15(16(21)11-17(18)25-4)19(22)14-8-6-12(2)7-9-14/h6-11,13,20-21H,5H2,1-4H3. The first-order chi connectivity index (χ1) is 12.2. The maximum atomic E-state index is 12.7. The number of nitrogens with one attached hydrogen (secondary N) is 1. The molecule has 0 heterocycles. The summed E-state index contributed by atoms with van der Waals surface area (Å²) in [5.41, 5.74) is 1.25. The summed E-state index contributed by atoms with van der Waals surface area (Å²) in [6.45, 7) is 5.49. The van der Waals surface area contributed by atoms with Crippen molar-refractivity contribution in [3.05, 3.63) is 53.1 Å². The lowest BCUT2D eigenvalue weighted by atomic mass is 10.0. The Balaban J connectivity index is 2.55. The topological polar surface area (TPSA) is 92.7 Å². The molecule has 0 aromatic heterocycles. The Labute approximate surface area is 153 Å². The maximum absolute atomic E-state index is 12.7. The molecule has 0 aliphatic carbocycles. The molecular weight excluding hydrogens is 354 g/mol. The first kappa shape index (κ1) is 19.9. The van der Waals surface area contributed by atoms with Crippen molar-refractivity contribution in [3.63, 3.8) is 0 Å². The molecule has 2 aromatic carbocycles. The van der Waals surface area contributed by atoms with Gasteiger partial charge >= 0.3 is 0 Å². The molecule has 0 aliphatic heterocycles. The average Bonchev–Trinajstić information content (AvgIpc) is 2.60. The van der Waals surface area contributed by atoms with Gasteiger partial charge in [0.2, 0.25) is 10.0 Å². The molecule has 0 amide bonds. The van der Waals surface area contributed by atoms with Gasteiger partial charge in [-0.25, -0.2) is 13.1 Å². The van der Waals surface area contributed by atoms with Gasteiger partial charge in [-0.05, 0) is 26.3 Å². The number of ether oxygens (including phenoxy) is 1. The van der Waals surface area contributed by atoms with Crippen molar-refractivity contribution in [1.82, 2.24) is 4.72 Å². The number of aryl methyl sites for hydroxylation is 1. The van der Waals surface area contributed by atoms with Gasteiger partial charge in [0.1, 0.15) is 16.4 Å². The second-order valence-corrected chi connectivity index (χ2v) is 7.83. The van der Waals surface area contributed by atoms with Crippen LogP contribution in [0.15, 0.2) is 41.3 Å². The summed E-state index contributed by atoms with van der Waals surface area (Å²) in [6, 6.07) is 8.83. The van der Waals surface area contributed by atoms with Gasteiger partial charge in [-0.1, -0.05) is 36.8 Å². The average molecular weight is 377 g/mol. The molecular formula is C19H23NO5S. The third kappa shape index (κ3) is 4.23. The number of phenolic OH excluding ortho intramolecular Hbond substituents is 1. The lowest BCUT2D eigenvalue weighted by molar-refractivity contribution is 0.103. The van der Waals surface area contributed by atoms with Crippen LogP contribution in [0.3, 0.4) is 0 Å². The van der Waals surface area contributed by atoms with Crippen LogP contribution in [-0.2, 0) is 10.0 Å². The van der Waals surface area contributed by atoms with E-state index in [0.717, 1.165) is 17.7 Å². The molecule has 7 heteroatoms. The van der Waals surface area contributed by atoms with Crippen molar-refractivity contribution in [3.8, 4) is 11.5 Å². The van der Waals surface area contributed by atoms with E-state index >= 15 is 0 Å². The normalized spacial score (nSPS) is 12.6. The smallest absolute Gasteiger partial charge is 0.244 e. The van der Waals surface area contributed by atoms with Crippen LogP contribution in [0.1, 0.15) is 41.8 Å². The number of hydrogen-bond donors (Lipinski definition) is 2. The van der Waals surface area contributed by atoms with Crippen molar-refractivity contribution in [2.45, 2.75) is 38.1 Å². The van der Waals surface area contributed by atoms with E-state index in [1.54, 1.807) is 31.2 Å². The van der Waals surface area contributed by atoms with Gasteiger partial charge in [-0.15, -0.1) is 0 Å². The summed E-state index contributed by atoms with van der Waals surface area (Å²) in [5.74, 6) is -0.834. The summed E-state index contributed by atoms with van der Waals surface area (Å²) in [7, 11) is -2.61. The number of carbonyl (C=O) groups is 1. The summed E-state index contributed by atoms with van der Waals surface area (Å²) in [4.78, 5) is 12.5. The number of benzene rings is 2. The van der Waals surface area contributed by atoms with Crippen molar-refractivity contribution in [1.29, 1.82) is 0 Å².